The summed E-state index contributed by atoms with van der Waals surface area (Å²) >= 11 is 0. The Morgan fingerprint density at radius 1 is 1.32 bits per heavy atom. The fourth-order valence-corrected chi connectivity index (χ4v) is 2.59. The maximum atomic E-state index is 12.2. The molecule has 5 heteroatoms. The van der Waals surface area contributed by atoms with Crippen molar-refractivity contribution in [2.45, 2.75) is 38.2 Å². The van der Waals surface area contributed by atoms with Crippen LogP contribution in [0.5, 0.6) is 0 Å². The van der Waals surface area contributed by atoms with E-state index in [1.165, 1.54) is 0 Å². The number of allylic oxidation sites excluding steroid dienone is 1. The Morgan fingerprint density at radius 3 is 2.53 bits per heavy atom. The first kappa shape index (κ1) is 15.7. The van der Waals surface area contributed by atoms with Crippen molar-refractivity contribution in [2.75, 3.05) is 13.6 Å². The smallest absolute Gasteiger partial charge is 0.307 e. The second kappa shape index (κ2) is 7.28. The summed E-state index contributed by atoms with van der Waals surface area (Å²) in [7, 11) is 1.69. The summed E-state index contributed by atoms with van der Waals surface area (Å²) < 4.78 is 0. The van der Waals surface area contributed by atoms with Crippen molar-refractivity contribution in [3.05, 3.63) is 12.7 Å². The first-order valence-corrected chi connectivity index (χ1v) is 6.74. The number of carboxylic acid groups (broad SMARTS) is 1. The molecule has 0 heterocycles. The standard InChI is InChI=1S/C14H23NO4/c1-3-4-5-6-7-15(2)13(17)11-8-10(16)9-12(11)14(18)19/h3,10-12,16H,1,4-9H2,2H3,(H,18,19). The van der Waals surface area contributed by atoms with E-state index in [1.54, 1.807) is 11.9 Å². The number of hydrogen-bond acceptors (Lipinski definition) is 3. The van der Waals surface area contributed by atoms with Gasteiger partial charge >= 0.3 is 5.97 Å². The molecule has 2 N–H and O–H groups in total. The minimum Gasteiger partial charge on any atom is -0.481 e. The predicted molar refractivity (Wildman–Crippen MR) is 71.5 cm³/mol. The molecular formula is C14H23NO4. The van der Waals surface area contributed by atoms with Gasteiger partial charge in [0.25, 0.3) is 0 Å². The van der Waals surface area contributed by atoms with Crippen LogP contribution in [-0.4, -0.2) is 46.7 Å². The number of hydrogen-bond donors (Lipinski definition) is 2. The van der Waals surface area contributed by atoms with E-state index in [9.17, 15) is 14.7 Å². The molecule has 1 amide bonds. The number of amides is 1. The monoisotopic (exact) mass is 269 g/mol. The van der Waals surface area contributed by atoms with Crippen LogP contribution in [-0.2, 0) is 9.59 Å². The second-order valence-electron chi connectivity index (χ2n) is 5.22. The molecule has 0 aromatic heterocycles. The zero-order chi connectivity index (χ0) is 14.4. The summed E-state index contributed by atoms with van der Waals surface area (Å²) in [4.78, 5) is 24.9. The number of carbonyl (C=O) groups is 2. The van der Waals surface area contributed by atoms with E-state index in [4.69, 9.17) is 5.11 Å². The van der Waals surface area contributed by atoms with Crippen LogP contribution >= 0.6 is 0 Å². The zero-order valence-corrected chi connectivity index (χ0v) is 11.4. The van der Waals surface area contributed by atoms with Gasteiger partial charge in [0.1, 0.15) is 0 Å². The molecule has 0 aliphatic heterocycles. The Kier molecular flexibility index (Phi) is 6.02. The molecule has 1 saturated carbocycles. The maximum absolute atomic E-state index is 12.2. The normalized spacial score (nSPS) is 26.1. The van der Waals surface area contributed by atoms with Crippen molar-refractivity contribution >= 4 is 11.9 Å². The number of aliphatic hydroxyl groups is 1. The molecule has 108 valence electrons. The summed E-state index contributed by atoms with van der Waals surface area (Å²) in [5.41, 5.74) is 0. The molecule has 0 aromatic rings. The van der Waals surface area contributed by atoms with E-state index in [2.05, 4.69) is 6.58 Å². The summed E-state index contributed by atoms with van der Waals surface area (Å²) in [5, 5.41) is 18.6. The highest BCUT2D eigenvalue weighted by molar-refractivity contribution is 5.85. The molecule has 3 atom stereocenters. The topological polar surface area (TPSA) is 77.8 Å². The lowest BCUT2D eigenvalue weighted by Gasteiger charge is -2.23. The third-order valence-electron chi connectivity index (χ3n) is 3.70. The van der Waals surface area contributed by atoms with E-state index < -0.39 is 23.9 Å². The third-order valence-corrected chi connectivity index (χ3v) is 3.70. The number of unbranched alkanes of at least 4 members (excludes halogenated alkanes) is 2. The lowest BCUT2D eigenvalue weighted by molar-refractivity contribution is -0.148. The molecule has 1 rings (SSSR count). The molecule has 1 fully saturated rings. The molecule has 1 aliphatic carbocycles. The van der Waals surface area contributed by atoms with Gasteiger partial charge in [-0.25, -0.2) is 0 Å². The molecular weight excluding hydrogens is 246 g/mol. The van der Waals surface area contributed by atoms with Crippen molar-refractivity contribution in [3.8, 4) is 0 Å². The van der Waals surface area contributed by atoms with Gasteiger partial charge in [-0.15, -0.1) is 6.58 Å². The maximum Gasteiger partial charge on any atom is 0.307 e. The van der Waals surface area contributed by atoms with E-state index in [0.29, 0.717) is 6.54 Å². The van der Waals surface area contributed by atoms with Crippen LogP contribution < -0.4 is 0 Å². The fourth-order valence-electron chi connectivity index (χ4n) is 2.59. The summed E-state index contributed by atoms with van der Waals surface area (Å²) in [5.74, 6) is -2.49. The van der Waals surface area contributed by atoms with Crippen molar-refractivity contribution in [3.63, 3.8) is 0 Å². The second-order valence-corrected chi connectivity index (χ2v) is 5.22. The molecule has 1 aliphatic rings. The zero-order valence-electron chi connectivity index (χ0n) is 11.4. The van der Waals surface area contributed by atoms with Crippen LogP contribution in [0, 0.1) is 11.8 Å². The Morgan fingerprint density at radius 2 is 1.95 bits per heavy atom. The van der Waals surface area contributed by atoms with Crippen molar-refractivity contribution < 1.29 is 19.8 Å². The number of rotatable bonds is 7. The molecule has 0 aromatic carbocycles. The Labute approximate surface area is 113 Å². The highest BCUT2D eigenvalue weighted by atomic mass is 16.4. The summed E-state index contributed by atoms with van der Waals surface area (Å²) in [6.45, 7) is 4.26. The van der Waals surface area contributed by atoms with Gasteiger partial charge in [-0.05, 0) is 32.1 Å². The predicted octanol–water partition coefficient (Wildman–Crippen LogP) is 1.27. The van der Waals surface area contributed by atoms with Gasteiger partial charge in [0, 0.05) is 13.6 Å². The van der Waals surface area contributed by atoms with Crippen LogP contribution in [0.2, 0.25) is 0 Å². The lowest BCUT2D eigenvalue weighted by Crippen LogP contribution is -2.37. The van der Waals surface area contributed by atoms with Crippen molar-refractivity contribution in [1.82, 2.24) is 4.90 Å². The first-order chi connectivity index (χ1) is 8.97. The highest BCUT2D eigenvalue weighted by Gasteiger charge is 2.43. The number of carboxylic acids is 1. The first-order valence-electron chi connectivity index (χ1n) is 6.74. The Hall–Kier alpha value is -1.36. The van der Waals surface area contributed by atoms with Crippen LogP contribution in [0.1, 0.15) is 32.1 Å². The van der Waals surface area contributed by atoms with E-state index in [0.717, 1.165) is 19.3 Å². The number of carbonyl (C=O) groups excluding carboxylic acids is 1. The average Bonchev–Trinajstić information content (AvgIpc) is 2.75. The van der Waals surface area contributed by atoms with Crippen molar-refractivity contribution in [2.24, 2.45) is 11.8 Å². The van der Waals surface area contributed by atoms with Crippen molar-refractivity contribution in [1.29, 1.82) is 0 Å². The Bertz CT molecular complexity index is 342. The van der Waals surface area contributed by atoms with Crippen LogP contribution in [0.3, 0.4) is 0 Å². The van der Waals surface area contributed by atoms with Crippen LogP contribution in [0.4, 0.5) is 0 Å². The molecule has 3 unspecified atom stereocenters. The molecule has 5 nitrogen and oxygen atoms in total. The van der Waals surface area contributed by atoms with E-state index in [1.807, 2.05) is 6.08 Å². The van der Waals surface area contributed by atoms with Gasteiger partial charge in [-0.1, -0.05) is 6.08 Å². The van der Waals surface area contributed by atoms with Gasteiger partial charge in [0.05, 0.1) is 17.9 Å². The Balaban J connectivity index is 2.50. The fraction of sp³-hybridized carbons (Fsp3) is 0.714. The number of nitrogens with zero attached hydrogens (tertiary/aromatic N) is 1. The van der Waals surface area contributed by atoms with E-state index in [-0.39, 0.29) is 18.7 Å². The van der Waals surface area contributed by atoms with Gasteiger partial charge < -0.3 is 15.1 Å². The minimum atomic E-state index is -0.991. The largest absolute Gasteiger partial charge is 0.481 e. The van der Waals surface area contributed by atoms with Crippen LogP contribution in [0.15, 0.2) is 12.7 Å². The summed E-state index contributed by atoms with van der Waals surface area (Å²) in [6.07, 6.45) is 4.36. The highest BCUT2D eigenvalue weighted by Crippen LogP contribution is 2.33. The molecule has 0 radical (unpaired) electrons. The van der Waals surface area contributed by atoms with Gasteiger partial charge in [-0.2, -0.15) is 0 Å². The molecule has 0 saturated heterocycles. The third kappa shape index (κ3) is 4.35. The van der Waals surface area contributed by atoms with Gasteiger partial charge in [0.15, 0.2) is 0 Å². The van der Waals surface area contributed by atoms with Gasteiger partial charge in [0.2, 0.25) is 5.91 Å². The lowest BCUT2D eigenvalue weighted by atomic mass is 9.95. The quantitative estimate of drug-likeness (QED) is 0.539. The van der Waals surface area contributed by atoms with Crippen LogP contribution in [0.25, 0.3) is 0 Å². The minimum absolute atomic E-state index is 0.164. The SMILES string of the molecule is C=CCCCCN(C)C(=O)C1CC(O)CC1C(=O)O. The number of aliphatic carboxylic acids is 1. The molecule has 0 spiro atoms. The molecule has 0 bridgehead atoms. The number of aliphatic hydroxyl groups excluding tert-OH is 1. The molecule has 19 heavy (non-hydrogen) atoms. The summed E-state index contributed by atoms with van der Waals surface area (Å²) in [6, 6.07) is 0. The van der Waals surface area contributed by atoms with E-state index >= 15 is 0 Å². The average molecular weight is 269 g/mol. The van der Waals surface area contributed by atoms with Gasteiger partial charge in [-0.3, -0.25) is 9.59 Å².